The number of aryl methyl sites for hydroxylation is 1. The van der Waals surface area contributed by atoms with Crippen LogP contribution in [0.3, 0.4) is 0 Å². The van der Waals surface area contributed by atoms with E-state index in [0.717, 1.165) is 5.56 Å². The van der Waals surface area contributed by atoms with Crippen molar-refractivity contribution in [2.75, 3.05) is 11.9 Å². The van der Waals surface area contributed by atoms with Crippen molar-refractivity contribution in [1.29, 1.82) is 5.26 Å². The van der Waals surface area contributed by atoms with Gasteiger partial charge in [-0.05, 0) is 31.5 Å². The third kappa shape index (κ3) is 2.29. The molecular weight excluding hydrogens is 200 g/mol. The Morgan fingerprint density at radius 2 is 2.12 bits per heavy atom. The van der Waals surface area contributed by atoms with E-state index in [1.165, 1.54) is 4.90 Å². The lowest BCUT2D eigenvalue weighted by Gasteiger charge is -2.19. The number of benzene rings is 1. The van der Waals surface area contributed by atoms with Crippen LogP contribution in [0.25, 0.3) is 0 Å². The Hall–Kier alpha value is -2.08. The second kappa shape index (κ2) is 4.63. The van der Waals surface area contributed by atoms with Crippen LogP contribution in [0.15, 0.2) is 30.4 Å². The summed E-state index contributed by atoms with van der Waals surface area (Å²) in [6.07, 6.45) is 0. The molecule has 1 amide bonds. The van der Waals surface area contributed by atoms with Crippen molar-refractivity contribution in [2.45, 2.75) is 13.8 Å². The molecule has 0 unspecified atom stereocenters. The normalized spacial score (nSPS) is 9.38. The van der Waals surface area contributed by atoms with Crippen LogP contribution in [0.1, 0.15) is 18.1 Å². The SMILES string of the molecule is C=C(C)C(=O)N(C)c1cc(C)ccc1C#N. The Morgan fingerprint density at radius 1 is 1.50 bits per heavy atom. The van der Waals surface area contributed by atoms with E-state index in [-0.39, 0.29) is 5.91 Å². The summed E-state index contributed by atoms with van der Waals surface area (Å²) in [7, 11) is 1.65. The molecule has 0 radical (unpaired) electrons. The third-order valence-corrected chi connectivity index (χ3v) is 2.30. The largest absolute Gasteiger partial charge is 0.310 e. The summed E-state index contributed by atoms with van der Waals surface area (Å²) in [6, 6.07) is 7.46. The van der Waals surface area contributed by atoms with Crippen molar-refractivity contribution in [1.82, 2.24) is 0 Å². The van der Waals surface area contributed by atoms with Crippen molar-refractivity contribution < 1.29 is 4.79 Å². The number of carbonyl (C=O) groups excluding carboxylic acids is 1. The van der Waals surface area contributed by atoms with E-state index in [1.54, 1.807) is 20.0 Å². The fourth-order valence-corrected chi connectivity index (χ4v) is 1.41. The number of hydrogen-bond donors (Lipinski definition) is 0. The quantitative estimate of drug-likeness (QED) is 0.709. The molecule has 0 bridgehead atoms. The average Bonchev–Trinajstić information content (AvgIpc) is 2.26. The van der Waals surface area contributed by atoms with Crippen LogP contribution in [-0.2, 0) is 4.79 Å². The maximum absolute atomic E-state index is 11.7. The molecule has 1 aromatic rings. The summed E-state index contributed by atoms with van der Waals surface area (Å²) in [6.45, 7) is 7.18. The van der Waals surface area contributed by atoms with Gasteiger partial charge >= 0.3 is 0 Å². The van der Waals surface area contributed by atoms with Crippen molar-refractivity contribution in [3.63, 3.8) is 0 Å². The fraction of sp³-hybridized carbons (Fsp3) is 0.231. The van der Waals surface area contributed by atoms with Gasteiger partial charge in [0.05, 0.1) is 11.3 Å². The second-order valence-corrected chi connectivity index (χ2v) is 3.78. The Kier molecular flexibility index (Phi) is 3.47. The van der Waals surface area contributed by atoms with Gasteiger partial charge in [0.1, 0.15) is 6.07 Å². The Morgan fingerprint density at radius 3 is 2.62 bits per heavy atom. The molecule has 0 aliphatic carbocycles. The average molecular weight is 214 g/mol. The molecule has 82 valence electrons. The molecule has 0 aliphatic heterocycles. The molecular formula is C13H14N2O. The summed E-state index contributed by atoms with van der Waals surface area (Å²) >= 11 is 0. The summed E-state index contributed by atoms with van der Waals surface area (Å²) in [5, 5.41) is 8.97. The highest BCUT2D eigenvalue weighted by Crippen LogP contribution is 2.21. The molecule has 0 aromatic heterocycles. The number of carbonyl (C=O) groups is 1. The molecule has 3 heteroatoms. The van der Waals surface area contributed by atoms with Crippen LogP contribution in [0, 0.1) is 18.3 Å². The van der Waals surface area contributed by atoms with E-state index in [9.17, 15) is 4.79 Å². The van der Waals surface area contributed by atoms with E-state index < -0.39 is 0 Å². The van der Waals surface area contributed by atoms with E-state index in [1.807, 2.05) is 19.1 Å². The van der Waals surface area contributed by atoms with Gasteiger partial charge in [-0.15, -0.1) is 0 Å². The zero-order chi connectivity index (χ0) is 12.3. The van der Waals surface area contributed by atoms with Gasteiger partial charge in [-0.3, -0.25) is 4.79 Å². The minimum atomic E-state index is -0.179. The van der Waals surface area contributed by atoms with E-state index in [0.29, 0.717) is 16.8 Å². The van der Waals surface area contributed by atoms with E-state index in [4.69, 9.17) is 5.26 Å². The highest BCUT2D eigenvalue weighted by atomic mass is 16.2. The number of rotatable bonds is 2. The van der Waals surface area contributed by atoms with Crippen molar-refractivity contribution in [2.24, 2.45) is 0 Å². The molecule has 16 heavy (non-hydrogen) atoms. The van der Waals surface area contributed by atoms with Gasteiger partial charge in [-0.2, -0.15) is 5.26 Å². The van der Waals surface area contributed by atoms with Crippen molar-refractivity contribution in [3.05, 3.63) is 41.5 Å². The predicted octanol–water partition coefficient (Wildman–Crippen LogP) is 2.41. The van der Waals surface area contributed by atoms with Crippen molar-refractivity contribution in [3.8, 4) is 6.07 Å². The maximum Gasteiger partial charge on any atom is 0.253 e. The van der Waals surface area contributed by atoms with Gasteiger partial charge < -0.3 is 4.90 Å². The highest BCUT2D eigenvalue weighted by molar-refractivity contribution is 6.05. The Labute approximate surface area is 95.6 Å². The Bertz CT molecular complexity index is 483. The highest BCUT2D eigenvalue weighted by Gasteiger charge is 2.14. The van der Waals surface area contributed by atoms with Crippen LogP contribution in [0.2, 0.25) is 0 Å². The third-order valence-electron chi connectivity index (χ3n) is 2.30. The van der Waals surface area contributed by atoms with Crippen LogP contribution in [-0.4, -0.2) is 13.0 Å². The molecule has 1 aromatic carbocycles. The zero-order valence-corrected chi connectivity index (χ0v) is 9.74. The number of nitriles is 1. The minimum absolute atomic E-state index is 0.179. The smallest absolute Gasteiger partial charge is 0.253 e. The molecule has 0 spiro atoms. The van der Waals surface area contributed by atoms with Crippen LogP contribution >= 0.6 is 0 Å². The molecule has 1 rings (SSSR count). The van der Waals surface area contributed by atoms with Gasteiger partial charge in [-0.1, -0.05) is 12.6 Å². The summed E-state index contributed by atoms with van der Waals surface area (Å²) in [4.78, 5) is 13.2. The number of nitrogens with zero attached hydrogens (tertiary/aromatic N) is 2. The standard InChI is InChI=1S/C13H14N2O/c1-9(2)13(16)15(4)12-7-10(3)5-6-11(12)8-14/h5-7H,1H2,2-4H3. The molecule has 0 aliphatic rings. The molecule has 0 saturated heterocycles. The van der Waals surface area contributed by atoms with Crippen LogP contribution in [0.4, 0.5) is 5.69 Å². The fourth-order valence-electron chi connectivity index (χ4n) is 1.41. The summed E-state index contributed by atoms with van der Waals surface area (Å²) in [5.74, 6) is -0.179. The summed E-state index contributed by atoms with van der Waals surface area (Å²) < 4.78 is 0. The molecule has 0 heterocycles. The lowest BCUT2D eigenvalue weighted by atomic mass is 10.1. The lowest BCUT2D eigenvalue weighted by molar-refractivity contribution is -0.114. The minimum Gasteiger partial charge on any atom is -0.310 e. The zero-order valence-electron chi connectivity index (χ0n) is 9.74. The number of likely N-dealkylation sites (N-methyl/N-ethyl adjacent to an activating group) is 1. The molecule has 0 fully saturated rings. The van der Waals surface area contributed by atoms with Gasteiger partial charge in [0.15, 0.2) is 0 Å². The van der Waals surface area contributed by atoms with Crippen LogP contribution < -0.4 is 4.90 Å². The molecule has 0 N–H and O–H groups in total. The predicted molar refractivity (Wildman–Crippen MR) is 64.1 cm³/mol. The van der Waals surface area contributed by atoms with Gasteiger partial charge in [0.25, 0.3) is 5.91 Å². The van der Waals surface area contributed by atoms with Gasteiger partial charge in [0, 0.05) is 12.6 Å². The second-order valence-electron chi connectivity index (χ2n) is 3.78. The van der Waals surface area contributed by atoms with Crippen molar-refractivity contribution >= 4 is 11.6 Å². The topological polar surface area (TPSA) is 44.1 Å². The first kappa shape index (κ1) is 12.0. The molecule has 3 nitrogen and oxygen atoms in total. The van der Waals surface area contributed by atoms with E-state index in [2.05, 4.69) is 12.6 Å². The Balaban J connectivity index is 3.22. The summed E-state index contributed by atoms with van der Waals surface area (Å²) in [5.41, 5.74) is 2.57. The first-order valence-electron chi connectivity index (χ1n) is 4.91. The number of amides is 1. The van der Waals surface area contributed by atoms with E-state index >= 15 is 0 Å². The van der Waals surface area contributed by atoms with Gasteiger partial charge in [-0.25, -0.2) is 0 Å². The monoisotopic (exact) mass is 214 g/mol. The molecule has 0 saturated carbocycles. The lowest BCUT2D eigenvalue weighted by Crippen LogP contribution is -2.27. The molecule has 0 atom stereocenters. The maximum atomic E-state index is 11.7. The number of hydrogen-bond acceptors (Lipinski definition) is 2. The first-order valence-corrected chi connectivity index (χ1v) is 4.91. The number of anilines is 1. The van der Waals surface area contributed by atoms with Gasteiger partial charge in [0.2, 0.25) is 0 Å². The van der Waals surface area contributed by atoms with Crippen LogP contribution in [0.5, 0.6) is 0 Å². The first-order chi connectivity index (χ1) is 7.47.